The largest absolute Gasteiger partial charge is 0.497 e. The molecule has 0 spiro atoms. The number of aliphatic hydroxyl groups is 1. The molecule has 0 aliphatic heterocycles. The molecule has 0 aromatic heterocycles. The van der Waals surface area contributed by atoms with Crippen molar-refractivity contribution in [3.63, 3.8) is 0 Å². The molecule has 0 unspecified atom stereocenters. The van der Waals surface area contributed by atoms with Crippen molar-refractivity contribution >= 4 is 10.0 Å². The second-order valence-electron chi connectivity index (χ2n) is 4.80. The number of methoxy groups -OCH3 is 2. The van der Waals surface area contributed by atoms with Crippen LogP contribution in [0.2, 0.25) is 0 Å². The zero-order chi connectivity index (χ0) is 16.0. The maximum absolute atomic E-state index is 12.8. The van der Waals surface area contributed by atoms with Crippen molar-refractivity contribution in [2.45, 2.75) is 31.2 Å². The lowest BCUT2D eigenvalue weighted by Gasteiger charge is -2.26. The van der Waals surface area contributed by atoms with Crippen LogP contribution in [-0.4, -0.2) is 51.2 Å². The summed E-state index contributed by atoms with van der Waals surface area (Å²) in [6.45, 7) is 3.79. The summed E-state index contributed by atoms with van der Waals surface area (Å²) in [5.74, 6) is 0.765. The van der Waals surface area contributed by atoms with Crippen molar-refractivity contribution in [1.29, 1.82) is 0 Å². The number of sulfonamides is 1. The Labute approximate surface area is 126 Å². The lowest BCUT2D eigenvalue weighted by Crippen LogP contribution is -2.38. The molecule has 0 aliphatic rings. The van der Waals surface area contributed by atoms with Crippen molar-refractivity contribution < 1.29 is 23.0 Å². The Kier molecular flexibility index (Phi) is 6.44. The minimum absolute atomic E-state index is 0.0571. The first-order valence-electron chi connectivity index (χ1n) is 6.73. The molecule has 0 radical (unpaired) electrons. The van der Waals surface area contributed by atoms with Gasteiger partial charge in [-0.1, -0.05) is 0 Å². The van der Waals surface area contributed by atoms with Crippen LogP contribution in [0.1, 0.15) is 20.3 Å². The summed E-state index contributed by atoms with van der Waals surface area (Å²) in [5, 5.41) is 8.94. The SMILES string of the molecule is COc1ccc(S(=O)(=O)N(CCCO)C(C)C)c(OC)c1. The van der Waals surface area contributed by atoms with Gasteiger partial charge in [0.05, 0.1) is 14.2 Å². The quantitative estimate of drug-likeness (QED) is 0.786. The van der Waals surface area contributed by atoms with E-state index in [0.29, 0.717) is 12.2 Å². The topological polar surface area (TPSA) is 76.1 Å². The number of hydrogen-bond acceptors (Lipinski definition) is 5. The zero-order valence-electron chi connectivity index (χ0n) is 12.9. The highest BCUT2D eigenvalue weighted by Gasteiger charge is 2.29. The Balaban J connectivity index is 3.27. The minimum Gasteiger partial charge on any atom is -0.497 e. The number of benzene rings is 1. The third kappa shape index (κ3) is 4.09. The van der Waals surface area contributed by atoms with Crippen LogP contribution in [0.3, 0.4) is 0 Å². The Morgan fingerprint density at radius 1 is 1.24 bits per heavy atom. The van der Waals surface area contributed by atoms with Gasteiger partial charge in [-0.2, -0.15) is 4.31 Å². The van der Waals surface area contributed by atoms with Crippen LogP contribution in [0.5, 0.6) is 11.5 Å². The molecule has 1 aromatic carbocycles. The molecule has 0 atom stereocenters. The van der Waals surface area contributed by atoms with Crippen molar-refractivity contribution in [3.05, 3.63) is 18.2 Å². The highest BCUT2D eigenvalue weighted by molar-refractivity contribution is 7.89. The molecule has 1 rings (SSSR count). The van der Waals surface area contributed by atoms with Crippen molar-refractivity contribution in [3.8, 4) is 11.5 Å². The third-order valence-corrected chi connectivity index (χ3v) is 5.18. The fraction of sp³-hybridized carbons (Fsp3) is 0.571. The van der Waals surface area contributed by atoms with E-state index in [1.165, 1.54) is 30.7 Å². The Morgan fingerprint density at radius 3 is 2.38 bits per heavy atom. The molecule has 0 saturated carbocycles. The van der Waals surface area contributed by atoms with Gasteiger partial charge in [0.2, 0.25) is 10.0 Å². The van der Waals surface area contributed by atoms with Crippen molar-refractivity contribution in [1.82, 2.24) is 4.31 Å². The van der Waals surface area contributed by atoms with Gasteiger partial charge in [-0.3, -0.25) is 0 Å². The molecule has 7 heteroatoms. The third-order valence-electron chi connectivity index (χ3n) is 3.07. The van der Waals surface area contributed by atoms with Gasteiger partial charge in [-0.05, 0) is 32.4 Å². The lowest BCUT2D eigenvalue weighted by atomic mass is 10.3. The van der Waals surface area contributed by atoms with Crippen LogP contribution in [0.4, 0.5) is 0 Å². The van der Waals surface area contributed by atoms with E-state index >= 15 is 0 Å². The van der Waals surface area contributed by atoms with Gasteiger partial charge >= 0.3 is 0 Å². The van der Waals surface area contributed by atoms with Crippen LogP contribution >= 0.6 is 0 Å². The van der Waals surface area contributed by atoms with E-state index in [9.17, 15) is 8.42 Å². The van der Waals surface area contributed by atoms with Crippen LogP contribution in [-0.2, 0) is 10.0 Å². The smallest absolute Gasteiger partial charge is 0.246 e. The first kappa shape index (κ1) is 17.7. The lowest BCUT2D eigenvalue weighted by molar-refractivity contribution is 0.258. The Bertz CT molecular complexity index is 556. The number of aliphatic hydroxyl groups excluding tert-OH is 1. The molecule has 6 nitrogen and oxygen atoms in total. The molecule has 1 N–H and O–H groups in total. The zero-order valence-corrected chi connectivity index (χ0v) is 13.7. The van der Waals surface area contributed by atoms with Gasteiger partial charge < -0.3 is 14.6 Å². The second kappa shape index (κ2) is 7.63. The average Bonchev–Trinajstić information content (AvgIpc) is 2.46. The monoisotopic (exact) mass is 317 g/mol. The van der Waals surface area contributed by atoms with Crippen molar-refractivity contribution in [2.75, 3.05) is 27.4 Å². The van der Waals surface area contributed by atoms with Gasteiger partial charge in [0.1, 0.15) is 16.4 Å². The van der Waals surface area contributed by atoms with Gasteiger partial charge in [-0.25, -0.2) is 8.42 Å². The summed E-state index contributed by atoms with van der Waals surface area (Å²) < 4.78 is 37.2. The number of ether oxygens (including phenoxy) is 2. The Morgan fingerprint density at radius 2 is 1.90 bits per heavy atom. The van der Waals surface area contributed by atoms with Gasteiger partial charge in [0.25, 0.3) is 0 Å². The first-order chi connectivity index (χ1) is 9.88. The minimum atomic E-state index is -3.70. The molecule has 0 heterocycles. The maximum Gasteiger partial charge on any atom is 0.246 e. The first-order valence-corrected chi connectivity index (χ1v) is 8.17. The molecule has 21 heavy (non-hydrogen) atoms. The van der Waals surface area contributed by atoms with Crippen LogP contribution < -0.4 is 9.47 Å². The normalized spacial score (nSPS) is 12.0. The Hall–Kier alpha value is -1.31. The van der Waals surface area contributed by atoms with Crippen LogP contribution in [0, 0.1) is 0 Å². The summed E-state index contributed by atoms with van der Waals surface area (Å²) in [4.78, 5) is 0.0949. The van der Waals surface area contributed by atoms with Gasteiger partial charge in [0, 0.05) is 25.3 Å². The molecular formula is C14H23NO5S. The standard InChI is InChI=1S/C14H23NO5S/c1-11(2)15(8-5-9-16)21(17,18)14-7-6-12(19-3)10-13(14)20-4/h6-7,10-11,16H,5,8-9H2,1-4H3. The van der Waals surface area contributed by atoms with Crippen molar-refractivity contribution in [2.24, 2.45) is 0 Å². The molecule has 0 bridgehead atoms. The second-order valence-corrected chi connectivity index (χ2v) is 6.66. The van der Waals surface area contributed by atoms with E-state index < -0.39 is 10.0 Å². The van der Waals surface area contributed by atoms with Gasteiger partial charge in [0.15, 0.2) is 0 Å². The summed E-state index contributed by atoms with van der Waals surface area (Å²) in [6, 6.07) is 4.38. The molecule has 120 valence electrons. The summed E-state index contributed by atoms with van der Waals surface area (Å²) >= 11 is 0. The fourth-order valence-corrected chi connectivity index (χ4v) is 3.81. The highest BCUT2D eigenvalue weighted by atomic mass is 32.2. The predicted octanol–water partition coefficient (Wildman–Crippen LogP) is 1.49. The molecule has 0 aliphatic carbocycles. The molecule has 0 saturated heterocycles. The summed E-state index contributed by atoms with van der Waals surface area (Å²) in [7, 11) is -0.776. The van der Waals surface area contributed by atoms with E-state index in [2.05, 4.69) is 0 Å². The van der Waals surface area contributed by atoms with Crippen LogP contribution in [0.15, 0.2) is 23.1 Å². The molecule has 0 fully saturated rings. The van der Waals surface area contributed by atoms with Crippen LogP contribution in [0.25, 0.3) is 0 Å². The maximum atomic E-state index is 12.8. The predicted molar refractivity (Wildman–Crippen MR) is 80.3 cm³/mol. The number of nitrogens with zero attached hydrogens (tertiary/aromatic N) is 1. The number of rotatable bonds is 8. The van der Waals surface area contributed by atoms with E-state index in [1.54, 1.807) is 19.9 Å². The summed E-state index contributed by atoms with van der Waals surface area (Å²) in [6.07, 6.45) is 0.385. The van der Waals surface area contributed by atoms with Gasteiger partial charge in [-0.15, -0.1) is 0 Å². The molecule has 1 aromatic rings. The molecule has 0 amide bonds. The number of hydrogen-bond donors (Lipinski definition) is 1. The average molecular weight is 317 g/mol. The fourth-order valence-electron chi connectivity index (χ4n) is 2.00. The molecular weight excluding hydrogens is 294 g/mol. The summed E-state index contributed by atoms with van der Waals surface area (Å²) in [5.41, 5.74) is 0. The van der Waals surface area contributed by atoms with E-state index in [-0.39, 0.29) is 29.8 Å². The van der Waals surface area contributed by atoms with E-state index in [4.69, 9.17) is 14.6 Å². The highest BCUT2D eigenvalue weighted by Crippen LogP contribution is 2.31. The van der Waals surface area contributed by atoms with E-state index in [1.807, 2.05) is 0 Å². The van der Waals surface area contributed by atoms with E-state index in [0.717, 1.165) is 0 Å².